The number of ether oxygens (including phenoxy) is 1. The van der Waals surface area contributed by atoms with Gasteiger partial charge in [0, 0.05) is 9.77 Å². The first kappa shape index (κ1) is 16.2. The molecular weight excluding hydrogens is 282 g/mol. The monoisotopic (exact) mass is 301 g/mol. The van der Waals surface area contributed by atoms with Crippen LogP contribution in [0.3, 0.4) is 0 Å². The average molecular weight is 302 g/mol. The van der Waals surface area contributed by atoms with E-state index >= 15 is 0 Å². The SMILES string of the molecule is CC(C)(C)SCC(=O)NCCOc1ccc(Cl)cc1. The third-order valence-corrected chi connectivity index (χ3v) is 3.67. The summed E-state index contributed by atoms with van der Waals surface area (Å²) in [4.78, 5) is 11.5. The van der Waals surface area contributed by atoms with E-state index in [9.17, 15) is 4.79 Å². The molecular formula is C14H20ClNO2S. The summed E-state index contributed by atoms with van der Waals surface area (Å²) >= 11 is 7.40. The summed E-state index contributed by atoms with van der Waals surface area (Å²) in [6.07, 6.45) is 0. The van der Waals surface area contributed by atoms with Crippen LogP contribution in [-0.2, 0) is 4.79 Å². The first-order chi connectivity index (χ1) is 8.87. The molecule has 0 spiro atoms. The molecule has 0 saturated carbocycles. The largest absolute Gasteiger partial charge is 0.492 e. The topological polar surface area (TPSA) is 38.3 Å². The highest BCUT2D eigenvalue weighted by Crippen LogP contribution is 2.22. The molecule has 0 atom stereocenters. The minimum absolute atomic E-state index is 0.0413. The lowest BCUT2D eigenvalue weighted by Crippen LogP contribution is -2.30. The minimum Gasteiger partial charge on any atom is -0.492 e. The number of halogens is 1. The van der Waals surface area contributed by atoms with Crippen molar-refractivity contribution in [1.82, 2.24) is 5.32 Å². The minimum atomic E-state index is 0.0413. The van der Waals surface area contributed by atoms with Crippen molar-refractivity contribution in [2.45, 2.75) is 25.5 Å². The van der Waals surface area contributed by atoms with Crippen LogP contribution in [0.4, 0.5) is 0 Å². The fraction of sp³-hybridized carbons (Fsp3) is 0.500. The van der Waals surface area contributed by atoms with Gasteiger partial charge in [-0.2, -0.15) is 0 Å². The molecule has 0 bridgehead atoms. The molecule has 1 rings (SSSR count). The van der Waals surface area contributed by atoms with Crippen molar-refractivity contribution >= 4 is 29.3 Å². The number of benzene rings is 1. The molecule has 5 heteroatoms. The third kappa shape index (κ3) is 8.01. The second-order valence-electron chi connectivity index (χ2n) is 5.05. The van der Waals surface area contributed by atoms with E-state index in [0.717, 1.165) is 5.75 Å². The molecule has 1 aromatic carbocycles. The van der Waals surface area contributed by atoms with Crippen molar-refractivity contribution in [3.05, 3.63) is 29.3 Å². The third-order valence-electron chi connectivity index (χ3n) is 2.14. The molecule has 1 aromatic rings. The van der Waals surface area contributed by atoms with Crippen LogP contribution in [0.2, 0.25) is 5.02 Å². The van der Waals surface area contributed by atoms with E-state index in [2.05, 4.69) is 26.1 Å². The Morgan fingerprint density at radius 3 is 2.53 bits per heavy atom. The number of thioether (sulfide) groups is 1. The molecule has 0 fully saturated rings. The summed E-state index contributed by atoms with van der Waals surface area (Å²) in [7, 11) is 0. The highest BCUT2D eigenvalue weighted by Gasteiger charge is 2.12. The Balaban J connectivity index is 2.13. The lowest BCUT2D eigenvalue weighted by molar-refractivity contribution is -0.118. The van der Waals surface area contributed by atoms with Crippen LogP contribution < -0.4 is 10.1 Å². The number of amides is 1. The summed E-state index contributed by atoms with van der Waals surface area (Å²) < 4.78 is 5.58. The Hall–Kier alpha value is -0.870. The number of hydrogen-bond donors (Lipinski definition) is 1. The smallest absolute Gasteiger partial charge is 0.230 e. The lowest BCUT2D eigenvalue weighted by atomic mass is 10.3. The molecule has 0 aliphatic carbocycles. The van der Waals surface area contributed by atoms with Crippen molar-refractivity contribution in [1.29, 1.82) is 0 Å². The van der Waals surface area contributed by atoms with Crippen molar-refractivity contribution in [2.75, 3.05) is 18.9 Å². The van der Waals surface area contributed by atoms with Crippen LogP contribution >= 0.6 is 23.4 Å². The van der Waals surface area contributed by atoms with E-state index in [-0.39, 0.29) is 10.7 Å². The van der Waals surface area contributed by atoms with Gasteiger partial charge in [0.1, 0.15) is 12.4 Å². The fourth-order valence-corrected chi connectivity index (χ4v) is 2.02. The zero-order valence-electron chi connectivity index (χ0n) is 11.5. The Labute approximate surface area is 124 Å². The van der Waals surface area contributed by atoms with E-state index in [1.807, 2.05) is 0 Å². The van der Waals surface area contributed by atoms with Crippen molar-refractivity contribution in [3.63, 3.8) is 0 Å². The number of carbonyl (C=O) groups is 1. The predicted octanol–water partition coefficient (Wildman–Crippen LogP) is 3.37. The standard InChI is InChI=1S/C14H20ClNO2S/c1-14(2,3)19-10-13(17)16-8-9-18-12-6-4-11(15)5-7-12/h4-7H,8-10H2,1-3H3,(H,16,17). The zero-order valence-corrected chi connectivity index (χ0v) is 13.1. The second kappa shape index (κ2) is 7.65. The van der Waals surface area contributed by atoms with Gasteiger partial charge in [0.2, 0.25) is 5.91 Å². The predicted molar refractivity (Wildman–Crippen MR) is 82.2 cm³/mol. The van der Waals surface area contributed by atoms with Crippen molar-refractivity contribution in [3.8, 4) is 5.75 Å². The summed E-state index contributed by atoms with van der Waals surface area (Å²) in [5, 5.41) is 3.51. The van der Waals surface area contributed by atoms with Gasteiger partial charge in [-0.3, -0.25) is 4.79 Å². The van der Waals surface area contributed by atoms with Crippen LogP contribution in [0.25, 0.3) is 0 Å². The molecule has 0 aliphatic heterocycles. The van der Waals surface area contributed by atoms with E-state index in [1.54, 1.807) is 36.0 Å². The summed E-state index contributed by atoms with van der Waals surface area (Å²) in [5.74, 6) is 1.27. The van der Waals surface area contributed by atoms with Gasteiger partial charge in [0.15, 0.2) is 0 Å². The van der Waals surface area contributed by atoms with Crippen molar-refractivity contribution in [2.24, 2.45) is 0 Å². The normalized spacial score (nSPS) is 11.2. The highest BCUT2D eigenvalue weighted by molar-refractivity contribution is 8.01. The van der Waals surface area contributed by atoms with E-state index in [4.69, 9.17) is 16.3 Å². The molecule has 0 unspecified atom stereocenters. The van der Waals surface area contributed by atoms with Gasteiger partial charge in [-0.15, -0.1) is 11.8 Å². The van der Waals surface area contributed by atoms with Gasteiger partial charge < -0.3 is 10.1 Å². The van der Waals surface area contributed by atoms with E-state index in [0.29, 0.717) is 23.9 Å². The lowest BCUT2D eigenvalue weighted by Gasteiger charge is -2.17. The molecule has 19 heavy (non-hydrogen) atoms. The maximum Gasteiger partial charge on any atom is 0.230 e. The summed E-state index contributed by atoms with van der Waals surface area (Å²) in [6, 6.07) is 7.16. The molecule has 0 saturated heterocycles. The summed E-state index contributed by atoms with van der Waals surface area (Å²) in [5.41, 5.74) is 0. The van der Waals surface area contributed by atoms with Crippen LogP contribution in [0.5, 0.6) is 5.75 Å². The Kier molecular flexibility index (Phi) is 6.52. The molecule has 106 valence electrons. The van der Waals surface area contributed by atoms with Gasteiger partial charge in [0.05, 0.1) is 12.3 Å². The van der Waals surface area contributed by atoms with Crippen molar-refractivity contribution < 1.29 is 9.53 Å². The first-order valence-electron chi connectivity index (χ1n) is 6.16. The Morgan fingerprint density at radius 1 is 1.32 bits per heavy atom. The first-order valence-corrected chi connectivity index (χ1v) is 7.52. The number of nitrogens with one attached hydrogen (secondary N) is 1. The van der Waals surface area contributed by atoms with E-state index < -0.39 is 0 Å². The van der Waals surface area contributed by atoms with Crippen LogP contribution in [0.1, 0.15) is 20.8 Å². The van der Waals surface area contributed by atoms with Crippen LogP contribution in [0.15, 0.2) is 24.3 Å². The van der Waals surface area contributed by atoms with Gasteiger partial charge in [-0.25, -0.2) is 0 Å². The molecule has 0 aromatic heterocycles. The van der Waals surface area contributed by atoms with Crippen LogP contribution in [-0.4, -0.2) is 29.6 Å². The van der Waals surface area contributed by atoms with Gasteiger partial charge in [-0.05, 0) is 24.3 Å². The second-order valence-corrected chi connectivity index (χ2v) is 7.29. The molecule has 0 radical (unpaired) electrons. The van der Waals surface area contributed by atoms with Gasteiger partial charge >= 0.3 is 0 Å². The Morgan fingerprint density at radius 2 is 1.95 bits per heavy atom. The maximum absolute atomic E-state index is 11.5. The molecule has 3 nitrogen and oxygen atoms in total. The fourth-order valence-electron chi connectivity index (χ4n) is 1.22. The molecule has 1 N–H and O–H groups in total. The van der Waals surface area contributed by atoms with E-state index in [1.165, 1.54) is 0 Å². The average Bonchev–Trinajstić information content (AvgIpc) is 2.33. The molecule has 0 heterocycles. The maximum atomic E-state index is 11.5. The molecule has 0 aliphatic rings. The van der Waals surface area contributed by atoms with Gasteiger partial charge in [-0.1, -0.05) is 32.4 Å². The zero-order chi connectivity index (χ0) is 14.3. The quantitative estimate of drug-likeness (QED) is 0.819. The number of carbonyl (C=O) groups excluding carboxylic acids is 1. The number of rotatable bonds is 6. The summed E-state index contributed by atoms with van der Waals surface area (Å²) in [6.45, 7) is 7.23. The molecule has 1 amide bonds. The highest BCUT2D eigenvalue weighted by atomic mass is 35.5. The number of hydrogen-bond acceptors (Lipinski definition) is 3. The Bertz CT molecular complexity index is 401. The van der Waals surface area contributed by atoms with Gasteiger partial charge in [0.25, 0.3) is 0 Å². The van der Waals surface area contributed by atoms with Crippen LogP contribution in [0, 0.1) is 0 Å².